The van der Waals surface area contributed by atoms with Crippen LogP contribution in [0.15, 0.2) is 42.7 Å². The molecule has 1 atom stereocenters. The van der Waals surface area contributed by atoms with E-state index in [-0.39, 0.29) is 52.8 Å². The number of methoxy groups -OCH3 is 1. The van der Waals surface area contributed by atoms with Crippen molar-refractivity contribution in [2.24, 2.45) is 0 Å². The number of aliphatic hydroxyl groups excluding tert-OH is 1. The van der Waals surface area contributed by atoms with E-state index in [1.165, 1.54) is 43.1 Å². The van der Waals surface area contributed by atoms with E-state index in [2.05, 4.69) is 40.5 Å². The lowest BCUT2D eigenvalue weighted by atomic mass is 10.1. The Balaban J connectivity index is 1.70. The molecule has 3 heterocycles. The minimum absolute atomic E-state index is 0.0580. The highest BCUT2D eigenvalue weighted by Gasteiger charge is 2.36. The Hall–Kier alpha value is -4.41. The molecule has 3 aromatic heterocycles. The second-order valence-electron chi connectivity index (χ2n) is 9.10. The van der Waals surface area contributed by atoms with Crippen LogP contribution >= 0.6 is 19.9 Å². The fourth-order valence-corrected chi connectivity index (χ4v) is 4.47. The topological polar surface area (TPSA) is 186 Å². The monoisotopic (exact) mass is 669 g/mol. The SMILES string of the molecule is CNC(=O)c1nc(-c2cn(CCCO)nc2Cl)ccc1Nc1nc(Nc2ccc(CO[P+](=O)O)cc2OC)ncc1C(F)(F)F. The van der Waals surface area contributed by atoms with Gasteiger partial charge in [0.25, 0.3) is 5.91 Å². The summed E-state index contributed by atoms with van der Waals surface area (Å²) in [5.41, 5.74) is -0.206. The van der Waals surface area contributed by atoms with E-state index in [0.29, 0.717) is 30.3 Å². The van der Waals surface area contributed by atoms with E-state index in [1.54, 1.807) is 12.3 Å². The van der Waals surface area contributed by atoms with Gasteiger partial charge in [-0.15, -0.1) is 9.42 Å². The number of aliphatic hydroxyl groups is 1. The average molecular weight is 670 g/mol. The van der Waals surface area contributed by atoms with E-state index in [1.807, 2.05) is 0 Å². The van der Waals surface area contributed by atoms with Crippen molar-refractivity contribution < 1.29 is 41.8 Å². The van der Waals surface area contributed by atoms with Gasteiger partial charge in [0.05, 0.1) is 29.7 Å². The Morgan fingerprint density at radius 3 is 2.58 bits per heavy atom. The fraction of sp³-hybridized carbons (Fsp3) is 0.269. The van der Waals surface area contributed by atoms with E-state index in [9.17, 15) is 22.5 Å². The molecule has 0 aliphatic carbocycles. The second kappa shape index (κ2) is 14.6. The van der Waals surface area contributed by atoms with Crippen LogP contribution in [0.1, 0.15) is 28.0 Å². The molecule has 19 heteroatoms. The summed E-state index contributed by atoms with van der Waals surface area (Å²) in [5.74, 6) is -1.41. The van der Waals surface area contributed by atoms with Crippen molar-refractivity contribution in [2.45, 2.75) is 25.7 Å². The predicted octanol–water partition coefficient (Wildman–Crippen LogP) is 4.81. The van der Waals surface area contributed by atoms with Crippen LogP contribution in [0.25, 0.3) is 11.3 Å². The normalized spacial score (nSPS) is 11.7. The molecule has 0 aliphatic heterocycles. The number of aromatic nitrogens is 5. The first kappa shape index (κ1) is 33.5. The number of carbonyl (C=O) groups is 1. The zero-order valence-electron chi connectivity index (χ0n) is 23.6. The van der Waals surface area contributed by atoms with Crippen molar-refractivity contribution in [3.05, 3.63) is 64.7 Å². The summed E-state index contributed by atoms with van der Waals surface area (Å²) in [6.45, 7) is 0.128. The van der Waals surface area contributed by atoms with Crippen LogP contribution in [0, 0.1) is 0 Å². The van der Waals surface area contributed by atoms with Gasteiger partial charge in [0.1, 0.15) is 23.7 Å². The van der Waals surface area contributed by atoms with Crippen LogP contribution in [0.4, 0.5) is 36.3 Å². The third kappa shape index (κ3) is 8.40. The first-order valence-electron chi connectivity index (χ1n) is 12.9. The maximum Gasteiger partial charge on any atom is 0.695 e. The molecule has 45 heavy (non-hydrogen) atoms. The second-order valence-corrected chi connectivity index (χ2v) is 10.2. The summed E-state index contributed by atoms with van der Waals surface area (Å²) in [5, 5.41) is 21.1. The van der Waals surface area contributed by atoms with Crippen LogP contribution in [-0.2, 0) is 28.4 Å². The van der Waals surface area contributed by atoms with Crippen molar-refractivity contribution in [3.63, 3.8) is 0 Å². The molecule has 1 amide bonds. The zero-order valence-corrected chi connectivity index (χ0v) is 25.2. The minimum Gasteiger partial charge on any atom is -0.495 e. The first-order chi connectivity index (χ1) is 21.4. The Morgan fingerprint density at radius 1 is 1.16 bits per heavy atom. The Kier molecular flexibility index (Phi) is 10.8. The molecule has 14 nitrogen and oxygen atoms in total. The van der Waals surface area contributed by atoms with Gasteiger partial charge in [0.2, 0.25) is 5.95 Å². The number of benzene rings is 1. The van der Waals surface area contributed by atoms with E-state index < -0.39 is 31.7 Å². The summed E-state index contributed by atoms with van der Waals surface area (Å²) >= 11 is 6.27. The van der Waals surface area contributed by atoms with Gasteiger partial charge in [-0.1, -0.05) is 17.7 Å². The Bertz CT molecular complexity index is 1710. The number of pyridine rings is 1. The fourth-order valence-electron chi connectivity index (χ4n) is 3.97. The number of amides is 1. The molecule has 0 radical (unpaired) electrons. The van der Waals surface area contributed by atoms with Gasteiger partial charge in [0, 0.05) is 37.2 Å². The van der Waals surface area contributed by atoms with E-state index in [0.717, 1.165) is 0 Å². The van der Waals surface area contributed by atoms with Gasteiger partial charge in [-0.25, -0.2) is 9.97 Å². The third-order valence-corrected chi connectivity index (χ3v) is 6.71. The maximum absolute atomic E-state index is 14.0. The number of hydrogen-bond donors (Lipinski definition) is 5. The zero-order chi connectivity index (χ0) is 32.7. The van der Waals surface area contributed by atoms with Crippen molar-refractivity contribution >= 4 is 48.9 Å². The molecule has 0 bridgehead atoms. The minimum atomic E-state index is -4.87. The van der Waals surface area contributed by atoms with Crippen molar-refractivity contribution in [1.29, 1.82) is 0 Å². The molecule has 0 fully saturated rings. The van der Waals surface area contributed by atoms with Crippen molar-refractivity contribution in [1.82, 2.24) is 30.0 Å². The van der Waals surface area contributed by atoms with Crippen LogP contribution in [0.3, 0.4) is 0 Å². The molecule has 0 aliphatic rings. The summed E-state index contributed by atoms with van der Waals surface area (Å²) in [6, 6.07) is 7.34. The van der Waals surface area contributed by atoms with Gasteiger partial charge >= 0.3 is 14.4 Å². The molecule has 1 aromatic carbocycles. The van der Waals surface area contributed by atoms with Crippen LogP contribution in [0.5, 0.6) is 5.75 Å². The average Bonchev–Trinajstić information content (AvgIpc) is 3.38. The smallest absolute Gasteiger partial charge is 0.495 e. The molecule has 4 aromatic rings. The van der Waals surface area contributed by atoms with Gasteiger partial charge in [0.15, 0.2) is 10.8 Å². The van der Waals surface area contributed by atoms with Crippen LogP contribution in [-0.4, -0.2) is 61.4 Å². The van der Waals surface area contributed by atoms with Crippen molar-refractivity contribution in [3.8, 4) is 17.0 Å². The molecule has 0 saturated heterocycles. The molecule has 5 N–H and O–H groups in total. The third-order valence-electron chi connectivity index (χ3n) is 6.08. The maximum atomic E-state index is 14.0. The van der Waals surface area contributed by atoms with Gasteiger partial charge < -0.3 is 25.8 Å². The number of hydrogen-bond acceptors (Lipinski definition) is 11. The summed E-state index contributed by atoms with van der Waals surface area (Å²) in [6.07, 6.45) is -2.29. The number of halogens is 4. The molecular formula is C26H26ClF3N8O6P+. The lowest BCUT2D eigenvalue weighted by molar-refractivity contribution is -0.137. The lowest BCUT2D eigenvalue weighted by Crippen LogP contribution is -2.21. The predicted molar refractivity (Wildman–Crippen MR) is 157 cm³/mol. The first-order valence-corrected chi connectivity index (χ1v) is 14.5. The largest absolute Gasteiger partial charge is 0.695 e. The number of aryl methyl sites for hydroxylation is 1. The number of nitrogens with one attached hydrogen (secondary N) is 3. The lowest BCUT2D eigenvalue weighted by Gasteiger charge is -2.17. The quantitative estimate of drug-likeness (QED) is 0.123. The molecule has 0 spiro atoms. The van der Waals surface area contributed by atoms with Crippen LogP contribution in [0.2, 0.25) is 5.15 Å². The Morgan fingerprint density at radius 2 is 1.91 bits per heavy atom. The number of anilines is 4. The number of rotatable bonds is 13. The van der Waals surface area contributed by atoms with E-state index >= 15 is 0 Å². The number of nitrogens with zero attached hydrogens (tertiary/aromatic N) is 5. The highest BCUT2D eigenvalue weighted by molar-refractivity contribution is 7.32. The van der Waals surface area contributed by atoms with Gasteiger partial charge in [-0.3, -0.25) is 9.48 Å². The summed E-state index contributed by atoms with van der Waals surface area (Å²) in [4.78, 5) is 33.8. The number of carbonyl (C=O) groups excluding carboxylic acids is 1. The summed E-state index contributed by atoms with van der Waals surface area (Å²) < 4.78 is 64.3. The molecule has 1 unspecified atom stereocenters. The van der Waals surface area contributed by atoms with Crippen molar-refractivity contribution in [2.75, 3.05) is 31.4 Å². The van der Waals surface area contributed by atoms with Crippen LogP contribution < -0.4 is 20.7 Å². The number of alkyl halides is 3. The Labute approximate surface area is 259 Å². The molecular weight excluding hydrogens is 644 g/mol. The standard InChI is InChI=1S/C26H25ClF3N8O6P/c1-31-24(40)21-19(7-6-17(33-21)15-12-38(8-3-9-39)37-22(15)27)34-23-16(26(28,29)30)11-32-25(36-23)35-18-5-4-14(10-20(18)43-2)13-44-45(41)42/h4-7,10-12,39H,3,8-9,13H2,1-2H3,(H3-,31,32,34,35,36,40,41,42)/p+1. The highest BCUT2D eigenvalue weighted by Crippen LogP contribution is 2.37. The molecule has 4 rings (SSSR count). The van der Waals surface area contributed by atoms with Gasteiger partial charge in [-0.05, 0) is 36.2 Å². The molecule has 238 valence electrons. The van der Waals surface area contributed by atoms with E-state index in [4.69, 9.17) is 26.3 Å². The number of ether oxygens (including phenoxy) is 1. The highest BCUT2D eigenvalue weighted by atomic mass is 35.5. The van der Waals surface area contributed by atoms with Gasteiger partial charge in [-0.2, -0.15) is 23.3 Å². The molecule has 0 saturated carbocycles. The summed E-state index contributed by atoms with van der Waals surface area (Å²) in [7, 11) is -0.134.